The molecule has 0 saturated heterocycles. The second-order valence-corrected chi connectivity index (χ2v) is 2.87. The van der Waals surface area contributed by atoms with Crippen LogP contribution in [0.2, 0.25) is 5.15 Å². The van der Waals surface area contributed by atoms with E-state index >= 15 is 0 Å². The fourth-order valence-corrected chi connectivity index (χ4v) is 1.27. The summed E-state index contributed by atoms with van der Waals surface area (Å²) in [6, 6.07) is 0. The average molecular weight is 195 g/mol. The molecule has 5 heteroatoms. The van der Waals surface area contributed by atoms with Gasteiger partial charge in [-0.05, 0) is 6.92 Å². The van der Waals surface area contributed by atoms with Gasteiger partial charge in [-0.1, -0.05) is 11.6 Å². The maximum atomic E-state index is 5.87. The van der Waals surface area contributed by atoms with Gasteiger partial charge in [0, 0.05) is 24.8 Å². The lowest BCUT2D eigenvalue weighted by atomic mass is 10.6. The van der Waals surface area contributed by atoms with Crippen LogP contribution in [-0.2, 0) is 0 Å². The minimum absolute atomic E-state index is 0.378. The van der Waals surface area contributed by atoms with Gasteiger partial charge in [0.25, 0.3) is 0 Å². The van der Waals surface area contributed by atoms with Crippen LogP contribution in [0.1, 0.15) is 5.82 Å². The third-order valence-electron chi connectivity index (χ3n) is 1.69. The van der Waals surface area contributed by atoms with E-state index in [0.717, 1.165) is 5.82 Å². The molecule has 0 aliphatic rings. The van der Waals surface area contributed by atoms with E-state index < -0.39 is 0 Å². The summed E-state index contributed by atoms with van der Waals surface area (Å²) in [6.07, 6.45) is 6.64. The second kappa shape index (κ2) is 3.14. The quantitative estimate of drug-likeness (QED) is 0.693. The fraction of sp³-hybridized carbons (Fsp3) is 0.125. The Labute approximate surface area is 80.2 Å². The van der Waals surface area contributed by atoms with E-state index in [1.807, 2.05) is 6.92 Å². The Morgan fingerprint density at radius 2 is 1.92 bits per heavy atom. The standard InChI is InChI=1S/C8H7ClN4/c1-6-10-4-5-13(6)8-7(9)11-2-3-12-8/h2-5H,1H3. The number of imidazole rings is 1. The van der Waals surface area contributed by atoms with Crippen LogP contribution in [0.3, 0.4) is 0 Å². The summed E-state index contributed by atoms with van der Waals surface area (Å²) in [4.78, 5) is 12.1. The zero-order valence-corrected chi connectivity index (χ0v) is 7.73. The van der Waals surface area contributed by atoms with Gasteiger partial charge >= 0.3 is 0 Å². The van der Waals surface area contributed by atoms with Gasteiger partial charge in [-0.15, -0.1) is 0 Å². The van der Waals surface area contributed by atoms with Crippen LogP contribution in [-0.4, -0.2) is 19.5 Å². The van der Waals surface area contributed by atoms with Gasteiger partial charge in [0.1, 0.15) is 5.82 Å². The van der Waals surface area contributed by atoms with Crippen LogP contribution in [0.15, 0.2) is 24.8 Å². The molecule has 2 aromatic heterocycles. The van der Waals surface area contributed by atoms with E-state index in [4.69, 9.17) is 11.6 Å². The van der Waals surface area contributed by atoms with Crippen LogP contribution in [0.25, 0.3) is 5.82 Å². The lowest BCUT2D eigenvalue weighted by Crippen LogP contribution is -2.00. The number of aromatic nitrogens is 4. The van der Waals surface area contributed by atoms with E-state index in [1.54, 1.807) is 29.4 Å². The first-order chi connectivity index (χ1) is 6.29. The number of aryl methyl sites for hydroxylation is 1. The summed E-state index contributed by atoms with van der Waals surface area (Å²) in [6.45, 7) is 1.88. The molecule has 0 saturated carbocycles. The van der Waals surface area contributed by atoms with Gasteiger partial charge in [-0.25, -0.2) is 15.0 Å². The summed E-state index contributed by atoms with van der Waals surface area (Å²) in [5.74, 6) is 1.45. The third-order valence-corrected chi connectivity index (χ3v) is 1.96. The molecule has 66 valence electrons. The maximum Gasteiger partial charge on any atom is 0.176 e. The predicted octanol–water partition coefficient (Wildman–Crippen LogP) is 1.62. The minimum Gasteiger partial charge on any atom is -0.286 e. The number of rotatable bonds is 1. The second-order valence-electron chi connectivity index (χ2n) is 2.52. The van der Waals surface area contributed by atoms with Gasteiger partial charge in [0.2, 0.25) is 0 Å². The number of hydrogen-bond acceptors (Lipinski definition) is 3. The van der Waals surface area contributed by atoms with Crippen molar-refractivity contribution in [2.75, 3.05) is 0 Å². The molecular weight excluding hydrogens is 188 g/mol. The van der Waals surface area contributed by atoms with Crippen molar-refractivity contribution in [3.8, 4) is 5.82 Å². The van der Waals surface area contributed by atoms with Crippen LogP contribution in [0, 0.1) is 6.92 Å². The molecule has 0 radical (unpaired) electrons. The van der Waals surface area contributed by atoms with E-state index in [0.29, 0.717) is 11.0 Å². The smallest absolute Gasteiger partial charge is 0.176 e. The van der Waals surface area contributed by atoms with E-state index in [-0.39, 0.29) is 0 Å². The summed E-state index contributed by atoms with van der Waals surface area (Å²) in [5.41, 5.74) is 0. The molecule has 2 aromatic rings. The predicted molar refractivity (Wildman–Crippen MR) is 48.9 cm³/mol. The Morgan fingerprint density at radius 3 is 2.54 bits per heavy atom. The van der Waals surface area contributed by atoms with Crippen LogP contribution in [0.5, 0.6) is 0 Å². The van der Waals surface area contributed by atoms with Crippen molar-refractivity contribution in [3.05, 3.63) is 35.8 Å². The lowest BCUT2D eigenvalue weighted by molar-refractivity contribution is 0.919. The highest BCUT2D eigenvalue weighted by molar-refractivity contribution is 6.30. The molecule has 2 rings (SSSR count). The first-order valence-corrected chi connectivity index (χ1v) is 4.13. The van der Waals surface area contributed by atoms with E-state index in [1.165, 1.54) is 0 Å². The van der Waals surface area contributed by atoms with E-state index in [2.05, 4.69) is 15.0 Å². The maximum absolute atomic E-state index is 5.87. The van der Waals surface area contributed by atoms with Gasteiger partial charge in [0.15, 0.2) is 11.0 Å². The SMILES string of the molecule is Cc1nccn1-c1nccnc1Cl. The molecule has 0 aliphatic carbocycles. The molecule has 4 nitrogen and oxygen atoms in total. The van der Waals surface area contributed by atoms with Gasteiger partial charge in [-0.3, -0.25) is 4.57 Å². The number of nitrogens with zero attached hydrogens (tertiary/aromatic N) is 4. The van der Waals surface area contributed by atoms with Crippen molar-refractivity contribution in [1.82, 2.24) is 19.5 Å². The Kier molecular flexibility index (Phi) is 1.98. The summed E-state index contributed by atoms with van der Waals surface area (Å²) < 4.78 is 1.79. The van der Waals surface area contributed by atoms with E-state index in [9.17, 15) is 0 Å². The third kappa shape index (κ3) is 1.40. The van der Waals surface area contributed by atoms with Crippen molar-refractivity contribution < 1.29 is 0 Å². The largest absolute Gasteiger partial charge is 0.286 e. The molecule has 0 amide bonds. The Bertz CT molecular complexity index is 424. The summed E-state index contributed by atoms with van der Waals surface area (Å²) in [7, 11) is 0. The molecule has 0 unspecified atom stereocenters. The molecule has 0 fully saturated rings. The molecule has 0 aliphatic heterocycles. The zero-order chi connectivity index (χ0) is 9.26. The van der Waals surface area contributed by atoms with Gasteiger partial charge < -0.3 is 0 Å². The molecule has 0 atom stereocenters. The van der Waals surface area contributed by atoms with Crippen LogP contribution in [0.4, 0.5) is 0 Å². The monoisotopic (exact) mass is 194 g/mol. The first-order valence-electron chi connectivity index (χ1n) is 3.76. The Balaban J connectivity index is 2.59. The van der Waals surface area contributed by atoms with Crippen molar-refractivity contribution in [2.45, 2.75) is 6.92 Å². The normalized spacial score (nSPS) is 10.3. The molecule has 0 bridgehead atoms. The molecule has 0 N–H and O–H groups in total. The first kappa shape index (κ1) is 8.19. The Morgan fingerprint density at radius 1 is 1.15 bits per heavy atom. The van der Waals surface area contributed by atoms with Crippen molar-refractivity contribution in [3.63, 3.8) is 0 Å². The zero-order valence-electron chi connectivity index (χ0n) is 6.98. The molecule has 13 heavy (non-hydrogen) atoms. The minimum atomic E-state index is 0.378. The highest BCUT2D eigenvalue weighted by atomic mass is 35.5. The number of halogens is 1. The molecule has 0 spiro atoms. The Hall–Kier alpha value is -1.42. The topological polar surface area (TPSA) is 43.6 Å². The van der Waals surface area contributed by atoms with Gasteiger partial charge in [-0.2, -0.15) is 0 Å². The van der Waals surface area contributed by atoms with Crippen LogP contribution >= 0.6 is 11.6 Å². The van der Waals surface area contributed by atoms with Crippen LogP contribution < -0.4 is 0 Å². The highest BCUT2D eigenvalue weighted by Gasteiger charge is 2.06. The van der Waals surface area contributed by atoms with Crippen molar-refractivity contribution in [2.24, 2.45) is 0 Å². The summed E-state index contributed by atoms with van der Waals surface area (Å²) >= 11 is 5.87. The van der Waals surface area contributed by atoms with Crippen molar-refractivity contribution in [1.29, 1.82) is 0 Å². The average Bonchev–Trinajstić information content (AvgIpc) is 2.52. The fourth-order valence-electron chi connectivity index (χ4n) is 1.08. The summed E-state index contributed by atoms with van der Waals surface area (Å²) in [5, 5.41) is 0.378. The molecular formula is C8H7ClN4. The van der Waals surface area contributed by atoms with Crippen molar-refractivity contribution >= 4 is 11.6 Å². The molecule has 2 heterocycles. The van der Waals surface area contributed by atoms with Gasteiger partial charge in [0.05, 0.1) is 0 Å². The number of hydrogen-bond donors (Lipinski definition) is 0. The lowest BCUT2D eigenvalue weighted by Gasteiger charge is -2.03. The highest BCUT2D eigenvalue weighted by Crippen LogP contribution is 2.14. The molecule has 0 aromatic carbocycles.